The van der Waals surface area contributed by atoms with E-state index in [0.29, 0.717) is 11.3 Å². The lowest BCUT2D eigenvalue weighted by Crippen LogP contribution is -2.22. The number of rotatable bonds is 4. The first kappa shape index (κ1) is 17.1. The van der Waals surface area contributed by atoms with E-state index in [4.69, 9.17) is 28.6 Å². The third kappa shape index (κ3) is 2.65. The molecule has 1 fully saturated rings. The number of carbonyl (C=O) groups is 1. The van der Waals surface area contributed by atoms with E-state index in [9.17, 15) is 9.59 Å². The summed E-state index contributed by atoms with van der Waals surface area (Å²) in [5, 5.41) is 0.334. The maximum atomic E-state index is 12.5. The molecule has 128 valence electrons. The van der Waals surface area contributed by atoms with Crippen molar-refractivity contribution in [1.29, 1.82) is 0 Å². The summed E-state index contributed by atoms with van der Waals surface area (Å²) in [7, 11) is 1.26. The van der Waals surface area contributed by atoms with Gasteiger partial charge in [-0.1, -0.05) is 18.5 Å². The van der Waals surface area contributed by atoms with Crippen LogP contribution in [0.1, 0.15) is 61.1 Å². The Morgan fingerprint density at radius 1 is 1.54 bits per heavy atom. The molecule has 0 aromatic carbocycles. The van der Waals surface area contributed by atoms with Crippen molar-refractivity contribution in [2.75, 3.05) is 7.11 Å². The van der Waals surface area contributed by atoms with Gasteiger partial charge in [0.1, 0.15) is 5.65 Å². The number of hydrogen-bond acceptors (Lipinski definition) is 5. The molecule has 0 radical (unpaired) electrons. The lowest BCUT2D eigenvalue weighted by atomic mass is 10.1. The lowest BCUT2D eigenvalue weighted by Gasteiger charge is -2.19. The van der Waals surface area contributed by atoms with Crippen LogP contribution in [0.3, 0.4) is 0 Å². The van der Waals surface area contributed by atoms with Gasteiger partial charge in [0, 0.05) is 12.0 Å². The third-order valence-electron chi connectivity index (χ3n) is 4.42. The minimum atomic E-state index is -0.646. The van der Waals surface area contributed by atoms with E-state index in [0.717, 1.165) is 19.3 Å². The summed E-state index contributed by atoms with van der Waals surface area (Å²) in [6.07, 6.45) is 2.73. The van der Waals surface area contributed by atoms with Gasteiger partial charge in [0.05, 0.1) is 28.8 Å². The molecule has 8 heteroatoms. The Balaban J connectivity index is 2.52. The van der Waals surface area contributed by atoms with Crippen LogP contribution < -0.4 is 5.56 Å². The number of aromatic amines is 1. The molecule has 1 unspecified atom stereocenters. The fourth-order valence-electron chi connectivity index (χ4n) is 2.79. The molecule has 6 nitrogen and oxygen atoms in total. The summed E-state index contributed by atoms with van der Waals surface area (Å²) in [6.45, 7) is 4.00. The van der Waals surface area contributed by atoms with E-state index >= 15 is 0 Å². The Morgan fingerprint density at radius 3 is 2.75 bits per heavy atom. The molecular weight excluding hydrogens is 350 g/mol. The number of carbonyl (C=O) groups excluding carboxylic acids is 1. The SMILES string of the molecule is CCC(C)n1c(=S)[nH]c(=O)c2c(C(=O)OC)c(Cl)c(C3CC3)nc21. The van der Waals surface area contributed by atoms with Crippen molar-refractivity contribution in [2.24, 2.45) is 0 Å². The van der Waals surface area contributed by atoms with Crippen molar-refractivity contribution in [3.8, 4) is 0 Å². The highest BCUT2D eigenvalue weighted by Gasteiger charge is 2.33. The number of nitrogens with zero attached hydrogens (tertiary/aromatic N) is 2. The van der Waals surface area contributed by atoms with Gasteiger partial charge < -0.3 is 4.74 Å². The van der Waals surface area contributed by atoms with Crippen LogP contribution in [0.4, 0.5) is 0 Å². The molecule has 3 rings (SSSR count). The average Bonchev–Trinajstić information content (AvgIpc) is 3.38. The number of fused-ring (bicyclic) bond motifs is 1. The van der Waals surface area contributed by atoms with Crippen molar-refractivity contribution in [3.05, 3.63) is 31.4 Å². The summed E-state index contributed by atoms with van der Waals surface area (Å²) in [5.41, 5.74) is 0.623. The topological polar surface area (TPSA) is 77.0 Å². The molecule has 24 heavy (non-hydrogen) atoms. The average molecular weight is 368 g/mol. The van der Waals surface area contributed by atoms with E-state index < -0.39 is 11.5 Å². The molecule has 2 aromatic rings. The van der Waals surface area contributed by atoms with Crippen molar-refractivity contribution in [1.82, 2.24) is 14.5 Å². The number of aromatic nitrogens is 3. The normalized spacial score (nSPS) is 15.5. The van der Waals surface area contributed by atoms with Gasteiger partial charge in [-0.15, -0.1) is 0 Å². The number of pyridine rings is 1. The zero-order chi connectivity index (χ0) is 17.6. The quantitative estimate of drug-likeness (QED) is 0.658. The Morgan fingerprint density at radius 2 is 2.21 bits per heavy atom. The van der Waals surface area contributed by atoms with Gasteiger partial charge in [-0.05, 0) is 38.4 Å². The number of nitrogens with one attached hydrogen (secondary N) is 1. The summed E-state index contributed by atoms with van der Waals surface area (Å²) in [4.78, 5) is 32.1. The van der Waals surface area contributed by atoms with E-state index in [1.807, 2.05) is 13.8 Å². The van der Waals surface area contributed by atoms with E-state index in [1.165, 1.54) is 7.11 Å². The largest absolute Gasteiger partial charge is 0.465 e. The molecule has 1 aliphatic rings. The number of methoxy groups -OCH3 is 1. The van der Waals surface area contributed by atoms with Crippen LogP contribution in [-0.4, -0.2) is 27.6 Å². The van der Waals surface area contributed by atoms with Crippen LogP contribution >= 0.6 is 23.8 Å². The van der Waals surface area contributed by atoms with Crippen molar-refractivity contribution in [2.45, 2.75) is 45.1 Å². The molecule has 1 N–H and O–H groups in total. The summed E-state index contributed by atoms with van der Waals surface area (Å²) < 4.78 is 6.92. The molecule has 2 heterocycles. The Hall–Kier alpha value is -1.73. The van der Waals surface area contributed by atoms with E-state index in [1.54, 1.807) is 4.57 Å². The van der Waals surface area contributed by atoms with Gasteiger partial charge in [-0.2, -0.15) is 0 Å². The van der Waals surface area contributed by atoms with Gasteiger partial charge in [0.2, 0.25) is 0 Å². The zero-order valence-corrected chi connectivity index (χ0v) is 15.3. The molecule has 0 spiro atoms. The van der Waals surface area contributed by atoms with Crippen LogP contribution in [0.2, 0.25) is 5.02 Å². The highest BCUT2D eigenvalue weighted by atomic mass is 35.5. The van der Waals surface area contributed by atoms with E-state index in [-0.39, 0.29) is 32.7 Å². The van der Waals surface area contributed by atoms with Crippen molar-refractivity contribution in [3.63, 3.8) is 0 Å². The summed E-state index contributed by atoms with van der Waals surface area (Å²) >= 11 is 11.7. The van der Waals surface area contributed by atoms with E-state index in [2.05, 4.69) is 9.97 Å². The first-order valence-corrected chi connectivity index (χ1v) is 8.65. The predicted molar refractivity (Wildman–Crippen MR) is 94.5 cm³/mol. The maximum Gasteiger partial charge on any atom is 0.340 e. The monoisotopic (exact) mass is 367 g/mol. The second-order valence-corrected chi connectivity index (χ2v) is 6.80. The second kappa shape index (κ2) is 6.29. The van der Waals surface area contributed by atoms with Gasteiger partial charge in [-0.3, -0.25) is 14.3 Å². The van der Waals surface area contributed by atoms with Gasteiger partial charge >= 0.3 is 5.97 Å². The minimum Gasteiger partial charge on any atom is -0.465 e. The molecule has 2 aromatic heterocycles. The number of halogens is 1. The van der Waals surface area contributed by atoms with Crippen molar-refractivity contribution >= 4 is 40.8 Å². The third-order valence-corrected chi connectivity index (χ3v) is 5.11. The Kier molecular flexibility index (Phi) is 4.48. The maximum absolute atomic E-state index is 12.5. The first-order valence-electron chi connectivity index (χ1n) is 7.86. The smallest absolute Gasteiger partial charge is 0.340 e. The molecular formula is C16H18ClN3O3S. The second-order valence-electron chi connectivity index (χ2n) is 6.04. The van der Waals surface area contributed by atoms with Crippen LogP contribution in [0.15, 0.2) is 4.79 Å². The number of H-pyrrole nitrogens is 1. The standard InChI is InChI=1S/C16H18ClN3O3S/c1-4-7(2)20-13-10(14(21)19-16(20)24)9(15(22)23-3)11(17)12(18-13)8-5-6-8/h7-8H,4-6H2,1-3H3,(H,19,21,24). The van der Waals surface area contributed by atoms with Gasteiger partial charge in [-0.25, -0.2) is 9.78 Å². The summed E-state index contributed by atoms with van der Waals surface area (Å²) in [6, 6.07) is 0.0167. The lowest BCUT2D eigenvalue weighted by molar-refractivity contribution is 0.0603. The van der Waals surface area contributed by atoms with Gasteiger partial charge in [0.25, 0.3) is 5.56 Å². The number of ether oxygens (including phenoxy) is 1. The molecule has 0 saturated heterocycles. The molecule has 1 aliphatic carbocycles. The highest BCUT2D eigenvalue weighted by Crippen LogP contribution is 2.44. The van der Waals surface area contributed by atoms with Crippen LogP contribution in [0.5, 0.6) is 0 Å². The van der Waals surface area contributed by atoms with Gasteiger partial charge in [0.15, 0.2) is 4.77 Å². The molecule has 1 atom stereocenters. The fourth-order valence-corrected chi connectivity index (χ4v) is 3.51. The first-order chi connectivity index (χ1) is 11.4. The van der Waals surface area contributed by atoms with Crippen LogP contribution in [-0.2, 0) is 4.74 Å². The predicted octanol–water partition coefficient (Wildman–Crippen LogP) is 3.74. The summed E-state index contributed by atoms with van der Waals surface area (Å²) in [5.74, 6) is -0.434. The fraction of sp³-hybridized carbons (Fsp3) is 0.500. The van der Waals surface area contributed by atoms with Crippen LogP contribution in [0, 0.1) is 4.77 Å². The van der Waals surface area contributed by atoms with Crippen molar-refractivity contribution < 1.29 is 9.53 Å². The minimum absolute atomic E-state index is 0.0167. The highest BCUT2D eigenvalue weighted by molar-refractivity contribution is 7.71. The molecule has 0 bridgehead atoms. The number of esters is 1. The zero-order valence-electron chi connectivity index (χ0n) is 13.7. The Labute approximate surface area is 148 Å². The number of hydrogen-bond donors (Lipinski definition) is 1. The molecule has 1 saturated carbocycles. The van der Waals surface area contributed by atoms with Crippen LogP contribution in [0.25, 0.3) is 11.0 Å². The molecule has 0 aliphatic heterocycles. The molecule has 0 amide bonds. The Bertz CT molecular complexity index is 946.